The Kier molecular flexibility index (Phi) is 5.60. The Balaban J connectivity index is 1.45. The summed E-state index contributed by atoms with van der Waals surface area (Å²) in [7, 11) is 1.79. The standard InChI is InChI=1S/C23H28N4O2/c1-16-19-11-13-22(29)27(14-18-8-9-18)23(19)25-20(24-16)15-26(2)21(28)12-10-17-6-4-3-5-7-17/h3-7,18H,8-15H2,1-2H3. The maximum absolute atomic E-state index is 12.6. The number of amides is 2. The van der Waals surface area contributed by atoms with Crippen LogP contribution in [0.25, 0.3) is 0 Å². The van der Waals surface area contributed by atoms with E-state index in [1.54, 1.807) is 11.9 Å². The Morgan fingerprint density at radius 1 is 1.17 bits per heavy atom. The van der Waals surface area contributed by atoms with Gasteiger partial charge in [0.05, 0.1) is 6.54 Å². The van der Waals surface area contributed by atoms with Crippen LogP contribution in [0.15, 0.2) is 30.3 Å². The van der Waals surface area contributed by atoms with Gasteiger partial charge in [0, 0.05) is 37.7 Å². The molecule has 1 aliphatic heterocycles. The average Bonchev–Trinajstić information content (AvgIpc) is 3.53. The van der Waals surface area contributed by atoms with Crippen molar-refractivity contribution in [3.8, 4) is 0 Å². The highest BCUT2D eigenvalue weighted by Crippen LogP contribution is 2.35. The number of nitrogens with zero attached hydrogens (tertiary/aromatic N) is 4. The molecular formula is C23H28N4O2. The Morgan fingerprint density at radius 3 is 2.66 bits per heavy atom. The van der Waals surface area contributed by atoms with Crippen molar-refractivity contribution < 1.29 is 9.59 Å². The predicted molar refractivity (Wildman–Crippen MR) is 111 cm³/mol. The van der Waals surface area contributed by atoms with Gasteiger partial charge >= 0.3 is 0 Å². The Morgan fingerprint density at radius 2 is 1.93 bits per heavy atom. The van der Waals surface area contributed by atoms with E-state index in [-0.39, 0.29) is 11.8 Å². The Labute approximate surface area is 172 Å². The lowest BCUT2D eigenvalue weighted by molar-refractivity contribution is -0.130. The van der Waals surface area contributed by atoms with Gasteiger partial charge in [-0.3, -0.25) is 14.5 Å². The van der Waals surface area contributed by atoms with Gasteiger partial charge in [0.15, 0.2) is 0 Å². The quantitative estimate of drug-likeness (QED) is 0.726. The van der Waals surface area contributed by atoms with Gasteiger partial charge in [-0.15, -0.1) is 0 Å². The van der Waals surface area contributed by atoms with E-state index < -0.39 is 0 Å². The number of fused-ring (bicyclic) bond motifs is 1. The molecule has 152 valence electrons. The second-order valence-corrected chi connectivity index (χ2v) is 8.21. The Bertz CT molecular complexity index is 909. The normalized spacial score (nSPS) is 15.9. The van der Waals surface area contributed by atoms with Gasteiger partial charge in [-0.25, -0.2) is 9.97 Å². The number of carbonyl (C=O) groups is 2. The fourth-order valence-electron chi connectivity index (χ4n) is 3.84. The van der Waals surface area contributed by atoms with Crippen molar-refractivity contribution >= 4 is 17.6 Å². The molecule has 0 atom stereocenters. The molecule has 2 heterocycles. The first-order valence-electron chi connectivity index (χ1n) is 10.5. The molecule has 0 N–H and O–H groups in total. The topological polar surface area (TPSA) is 66.4 Å². The minimum Gasteiger partial charge on any atom is -0.338 e. The summed E-state index contributed by atoms with van der Waals surface area (Å²) in [6.45, 7) is 3.09. The maximum atomic E-state index is 12.6. The average molecular weight is 393 g/mol. The highest BCUT2D eigenvalue weighted by molar-refractivity contribution is 5.95. The van der Waals surface area contributed by atoms with E-state index in [0.29, 0.717) is 37.5 Å². The van der Waals surface area contributed by atoms with E-state index in [1.807, 2.05) is 42.2 Å². The van der Waals surface area contributed by atoms with E-state index in [0.717, 1.165) is 35.6 Å². The van der Waals surface area contributed by atoms with Gasteiger partial charge in [0.2, 0.25) is 11.8 Å². The molecule has 2 aromatic rings. The molecule has 0 saturated heterocycles. The zero-order valence-electron chi connectivity index (χ0n) is 17.2. The smallest absolute Gasteiger partial charge is 0.228 e. The molecule has 0 bridgehead atoms. The minimum atomic E-state index is 0.0683. The second kappa shape index (κ2) is 8.31. The number of anilines is 1. The molecule has 0 spiro atoms. The summed E-state index contributed by atoms with van der Waals surface area (Å²) >= 11 is 0. The third kappa shape index (κ3) is 4.63. The zero-order chi connectivity index (χ0) is 20.4. The van der Waals surface area contributed by atoms with E-state index in [1.165, 1.54) is 12.8 Å². The molecule has 1 aromatic heterocycles. The third-order valence-electron chi connectivity index (χ3n) is 5.80. The maximum Gasteiger partial charge on any atom is 0.228 e. The van der Waals surface area contributed by atoms with Crippen LogP contribution in [0.2, 0.25) is 0 Å². The molecule has 1 aliphatic carbocycles. The molecule has 1 saturated carbocycles. The molecule has 2 amide bonds. The number of hydrogen-bond acceptors (Lipinski definition) is 4. The zero-order valence-corrected chi connectivity index (χ0v) is 17.2. The van der Waals surface area contributed by atoms with Crippen LogP contribution in [-0.4, -0.2) is 40.3 Å². The fraction of sp³-hybridized carbons (Fsp3) is 0.478. The first-order chi connectivity index (χ1) is 14.0. The van der Waals surface area contributed by atoms with Crippen molar-refractivity contribution in [3.05, 3.63) is 53.0 Å². The van der Waals surface area contributed by atoms with E-state index in [2.05, 4.69) is 4.98 Å². The number of benzene rings is 1. The molecule has 4 rings (SSSR count). The van der Waals surface area contributed by atoms with Crippen molar-refractivity contribution in [2.75, 3.05) is 18.5 Å². The van der Waals surface area contributed by atoms with Gasteiger partial charge in [-0.2, -0.15) is 0 Å². The summed E-state index contributed by atoms with van der Waals surface area (Å²) in [5, 5.41) is 0. The molecule has 1 fully saturated rings. The van der Waals surface area contributed by atoms with E-state index in [9.17, 15) is 9.59 Å². The van der Waals surface area contributed by atoms with E-state index >= 15 is 0 Å². The minimum absolute atomic E-state index is 0.0683. The summed E-state index contributed by atoms with van der Waals surface area (Å²) in [4.78, 5) is 38.0. The number of rotatable bonds is 7. The van der Waals surface area contributed by atoms with Crippen LogP contribution in [0.1, 0.15) is 48.3 Å². The lowest BCUT2D eigenvalue weighted by atomic mass is 10.0. The summed E-state index contributed by atoms with van der Waals surface area (Å²) in [6.07, 6.45) is 4.78. The number of aryl methyl sites for hydroxylation is 2. The van der Waals surface area contributed by atoms with Crippen molar-refractivity contribution in [3.63, 3.8) is 0 Å². The second-order valence-electron chi connectivity index (χ2n) is 8.21. The first kappa shape index (κ1) is 19.6. The highest BCUT2D eigenvalue weighted by Gasteiger charge is 2.33. The molecule has 6 nitrogen and oxygen atoms in total. The van der Waals surface area contributed by atoms with Crippen molar-refractivity contribution in [1.29, 1.82) is 0 Å². The van der Waals surface area contributed by atoms with Gasteiger partial charge < -0.3 is 4.90 Å². The van der Waals surface area contributed by atoms with Gasteiger partial charge in [0.1, 0.15) is 11.6 Å². The van der Waals surface area contributed by atoms with Crippen LogP contribution >= 0.6 is 0 Å². The molecule has 2 aliphatic rings. The lowest BCUT2D eigenvalue weighted by Crippen LogP contribution is -2.38. The molecular weight excluding hydrogens is 364 g/mol. The monoisotopic (exact) mass is 392 g/mol. The van der Waals surface area contributed by atoms with Crippen LogP contribution < -0.4 is 4.90 Å². The predicted octanol–water partition coefficient (Wildman–Crippen LogP) is 3.07. The van der Waals surface area contributed by atoms with Crippen LogP contribution in [0.3, 0.4) is 0 Å². The van der Waals surface area contributed by atoms with Crippen LogP contribution in [-0.2, 0) is 29.0 Å². The first-order valence-corrected chi connectivity index (χ1v) is 10.5. The number of carbonyl (C=O) groups excluding carboxylic acids is 2. The summed E-state index contributed by atoms with van der Waals surface area (Å²) < 4.78 is 0. The van der Waals surface area contributed by atoms with Crippen LogP contribution in [0, 0.1) is 12.8 Å². The van der Waals surface area contributed by atoms with Crippen LogP contribution in [0.4, 0.5) is 5.82 Å². The van der Waals surface area contributed by atoms with Crippen molar-refractivity contribution in [2.45, 2.75) is 52.0 Å². The Hall–Kier alpha value is -2.76. The molecule has 6 heteroatoms. The summed E-state index contributed by atoms with van der Waals surface area (Å²) in [6, 6.07) is 10.0. The van der Waals surface area contributed by atoms with Gasteiger partial charge in [0.25, 0.3) is 0 Å². The van der Waals surface area contributed by atoms with Crippen molar-refractivity contribution in [2.24, 2.45) is 5.92 Å². The number of hydrogen-bond donors (Lipinski definition) is 0. The largest absolute Gasteiger partial charge is 0.338 e. The van der Waals surface area contributed by atoms with Gasteiger partial charge in [-0.1, -0.05) is 30.3 Å². The third-order valence-corrected chi connectivity index (χ3v) is 5.80. The lowest BCUT2D eigenvalue weighted by Gasteiger charge is -2.29. The van der Waals surface area contributed by atoms with Crippen molar-refractivity contribution in [1.82, 2.24) is 14.9 Å². The highest BCUT2D eigenvalue weighted by atomic mass is 16.2. The summed E-state index contributed by atoms with van der Waals surface area (Å²) in [5.74, 6) is 2.19. The molecule has 1 aromatic carbocycles. The van der Waals surface area contributed by atoms with Crippen LogP contribution in [0.5, 0.6) is 0 Å². The molecule has 0 unspecified atom stereocenters. The molecule has 0 radical (unpaired) electrons. The summed E-state index contributed by atoms with van der Waals surface area (Å²) in [5.41, 5.74) is 3.15. The molecule has 29 heavy (non-hydrogen) atoms. The van der Waals surface area contributed by atoms with E-state index in [4.69, 9.17) is 4.98 Å². The SMILES string of the molecule is Cc1nc(CN(C)C(=O)CCc2ccccc2)nc2c1CCC(=O)N2CC1CC1. The number of aromatic nitrogens is 2. The van der Waals surface area contributed by atoms with Gasteiger partial charge in [-0.05, 0) is 44.1 Å². The fourth-order valence-corrected chi connectivity index (χ4v) is 3.84.